The first-order valence-electron chi connectivity index (χ1n) is 17.7. The number of fused-ring (bicyclic) bond motifs is 3. The lowest BCUT2D eigenvalue weighted by atomic mass is 9.67. The molecule has 0 bridgehead atoms. The van der Waals surface area contributed by atoms with Crippen LogP contribution < -0.4 is 4.90 Å². The third-order valence-electron chi connectivity index (χ3n) is 10.5. The van der Waals surface area contributed by atoms with Crippen LogP contribution >= 0.6 is 0 Å². The average molecular weight is 646 g/mol. The molecule has 0 unspecified atom stereocenters. The zero-order valence-electron chi connectivity index (χ0n) is 29.6. The zero-order chi connectivity index (χ0) is 34.5. The Balaban J connectivity index is 1.18. The maximum atomic E-state index is 2.35. The molecule has 0 aromatic heterocycles. The van der Waals surface area contributed by atoms with Crippen molar-refractivity contribution >= 4 is 17.1 Å². The normalized spacial score (nSPS) is 13.1. The van der Waals surface area contributed by atoms with E-state index >= 15 is 0 Å². The van der Waals surface area contributed by atoms with Crippen LogP contribution in [0.25, 0.3) is 22.3 Å². The fourth-order valence-electron chi connectivity index (χ4n) is 7.79. The molecular formula is C49H43N. The summed E-state index contributed by atoms with van der Waals surface area (Å²) in [4.78, 5) is 2.35. The first-order chi connectivity index (χ1) is 24.2. The SMILES string of the molecule is Cc1ccc(N(c2ccc(-c3ccc(C4(c5ccc(C)cc5)c5ccccc5-c5ccccc54)cc3)cc2)c2ccc(C(C)(C)C)cc2)cc1. The number of hydrogen-bond acceptors (Lipinski definition) is 1. The van der Waals surface area contributed by atoms with Crippen molar-refractivity contribution in [3.8, 4) is 22.3 Å². The van der Waals surface area contributed by atoms with Gasteiger partial charge in [0, 0.05) is 17.1 Å². The van der Waals surface area contributed by atoms with Crippen molar-refractivity contribution < 1.29 is 0 Å². The van der Waals surface area contributed by atoms with E-state index in [0.717, 1.165) is 17.1 Å². The minimum Gasteiger partial charge on any atom is -0.311 e. The van der Waals surface area contributed by atoms with Gasteiger partial charge in [-0.2, -0.15) is 0 Å². The Morgan fingerprint density at radius 1 is 0.400 bits per heavy atom. The van der Waals surface area contributed by atoms with Crippen LogP contribution in [0.1, 0.15) is 59.7 Å². The molecule has 0 fully saturated rings. The summed E-state index contributed by atoms with van der Waals surface area (Å²) in [5.41, 5.74) is 17.3. The van der Waals surface area contributed by atoms with Crippen molar-refractivity contribution in [2.24, 2.45) is 0 Å². The smallest absolute Gasteiger partial charge is 0.0713 e. The van der Waals surface area contributed by atoms with Crippen molar-refractivity contribution in [3.05, 3.63) is 209 Å². The monoisotopic (exact) mass is 645 g/mol. The summed E-state index contributed by atoms with van der Waals surface area (Å²) in [6.07, 6.45) is 0. The van der Waals surface area contributed by atoms with Crippen molar-refractivity contribution in [1.82, 2.24) is 0 Å². The number of benzene rings is 7. The van der Waals surface area contributed by atoms with Gasteiger partial charge in [-0.3, -0.25) is 0 Å². The van der Waals surface area contributed by atoms with Gasteiger partial charge in [0.25, 0.3) is 0 Å². The number of nitrogens with zero attached hydrogens (tertiary/aromatic N) is 1. The Hall–Kier alpha value is -5.66. The highest BCUT2D eigenvalue weighted by Crippen LogP contribution is 2.56. The Morgan fingerprint density at radius 2 is 0.760 bits per heavy atom. The highest BCUT2D eigenvalue weighted by atomic mass is 15.1. The van der Waals surface area contributed by atoms with Crippen LogP contribution in [0.5, 0.6) is 0 Å². The maximum absolute atomic E-state index is 2.35. The highest BCUT2D eigenvalue weighted by molar-refractivity contribution is 5.86. The molecule has 50 heavy (non-hydrogen) atoms. The number of hydrogen-bond donors (Lipinski definition) is 0. The standard InChI is InChI=1S/C49H43N/c1-34-14-22-39(23-15-34)49(46-12-8-6-10-44(46)45-11-7-9-13-47(45)49)40-24-18-36(19-25-40)37-20-30-42(31-21-37)50(41-28-16-35(2)17-29-41)43-32-26-38(27-33-43)48(3,4)5/h6-33H,1-5H3. The van der Waals surface area contributed by atoms with E-state index in [9.17, 15) is 0 Å². The molecule has 0 aliphatic heterocycles. The van der Waals surface area contributed by atoms with E-state index in [1.54, 1.807) is 0 Å². The van der Waals surface area contributed by atoms with Crippen molar-refractivity contribution in [3.63, 3.8) is 0 Å². The summed E-state index contributed by atoms with van der Waals surface area (Å²) in [7, 11) is 0. The number of anilines is 3. The van der Waals surface area contributed by atoms with Gasteiger partial charge in [-0.15, -0.1) is 0 Å². The quantitative estimate of drug-likeness (QED) is 0.174. The molecule has 1 aliphatic rings. The second kappa shape index (κ2) is 12.3. The summed E-state index contributed by atoms with van der Waals surface area (Å²) in [6.45, 7) is 11.1. The van der Waals surface area contributed by atoms with E-state index in [1.807, 2.05) is 0 Å². The van der Waals surface area contributed by atoms with E-state index in [4.69, 9.17) is 0 Å². The first kappa shape index (κ1) is 31.6. The Kier molecular flexibility index (Phi) is 7.80. The Morgan fingerprint density at radius 3 is 1.22 bits per heavy atom. The lowest BCUT2D eigenvalue weighted by molar-refractivity contribution is 0.590. The average Bonchev–Trinajstić information content (AvgIpc) is 3.44. The Bertz CT molecular complexity index is 2220. The molecule has 0 spiro atoms. The maximum Gasteiger partial charge on any atom is 0.0713 e. The third kappa shape index (κ3) is 5.35. The van der Waals surface area contributed by atoms with Crippen LogP contribution in [0.15, 0.2) is 170 Å². The van der Waals surface area contributed by atoms with Crippen LogP contribution in [0, 0.1) is 13.8 Å². The number of rotatable bonds is 6. The van der Waals surface area contributed by atoms with Crippen molar-refractivity contribution in [1.29, 1.82) is 0 Å². The van der Waals surface area contributed by atoms with Gasteiger partial charge in [-0.25, -0.2) is 0 Å². The summed E-state index contributed by atoms with van der Waals surface area (Å²) in [5, 5.41) is 0. The lowest BCUT2D eigenvalue weighted by Crippen LogP contribution is -2.28. The topological polar surface area (TPSA) is 3.24 Å². The Labute approximate surface area is 297 Å². The summed E-state index contributed by atoms with van der Waals surface area (Å²) >= 11 is 0. The molecule has 0 saturated heterocycles. The predicted molar refractivity (Wildman–Crippen MR) is 212 cm³/mol. The van der Waals surface area contributed by atoms with E-state index in [0.29, 0.717) is 0 Å². The van der Waals surface area contributed by atoms with Gasteiger partial charge in [0.15, 0.2) is 0 Å². The van der Waals surface area contributed by atoms with Gasteiger partial charge in [-0.1, -0.05) is 165 Å². The first-order valence-corrected chi connectivity index (χ1v) is 17.7. The minimum absolute atomic E-state index is 0.106. The zero-order valence-corrected chi connectivity index (χ0v) is 29.6. The highest BCUT2D eigenvalue weighted by Gasteiger charge is 2.45. The molecule has 0 amide bonds. The van der Waals surface area contributed by atoms with Crippen LogP contribution in [0.4, 0.5) is 17.1 Å². The molecule has 7 aromatic rings. The van der Waals surface area contributed by atoms with Crippen LogP contribution in [-0.2, 0) is 10.8 Å². The van der Waals surface area contributed by atoms with Crippen molar-refractivity contribution in [2.45, 2.75) is 45.4 Å². The fraction of sp³-hybridized carbons (Fsp3) is 0.143. The largest absolute Gasteiger partial charge is 0.311 e. The molecule has 244 valence electrons. The molecule has 8 rings (SSSR count). The van der Waals surface area contributed by atoms with Gasteiger partial charge < -0.3 is 4.90 Å². The number of aryl methyl sites for hydroxylation is 2. The van der Waals surface area contributed by atoms with Gasteiger partial charge in [0.05, 0.1) is 5.41 Å². The summed E-state index contributed by atoms with van der Waals surface area (Å²) in [6, 6.07) is 63.1. The molecule has 7 aromatic carbocycles. The molecule has 0 heterocycles. The molecule has 1 nitrogen and oxygen atoms in total. The third-order valence-corrected chi connectivity index (χ3v) is 10.5. The van der Waals surface area contributed by atoms with Gasteiger partial charge in [0.2, 0.25) is 0 Å². The van der Waals surface area contributed by atoms with E-state index in [1.165, 1.54) is 61.2 Å². The van der Waals surface area contributed by atoms with E-state index < -0.39 is 0 Å². The molecule has 0 radical (unpaired) electrons. The second-order valence-corrected chi connectivity index (χ2v) is 14.8. The lowest BCUT2D eigenvalue weighted by Gasteiger charge is -2.34. The molecule has 1 heteroatoms. The fourth-order valence-corrected chi connectivity index (χ4v) is 7.79. The summed E-state index contributed by atoms with van der Waals surface area (Å²) in [5.74, 6) is 0. The van der Waals surface area contributed by atoms with Crippen molar-refractivity contribution in [2.75, 3.05) is 4.90 Å². The van der Waals surface area contributed by atoms with E-state index in [-0.39, 0.29) is 10.8 Å². The summed E-state index contributed by atoms with van der Waals surface area (Å²) < 4.78 is 0. The molecule has 0 saturated carbocycles. The molecule has 0 N–H and O–H groups in total. The molecule has 0 atom stereocenters. The molecule has 1 aliphatic carbocycles. The minimum atomic E-state index is -0.389. The van der Waals surface area contributed by atoms with Gasteiger partial charge >= 0.3 is 0 Å². The van der Waals surface area contributed by atoms with Crippen LogP contribution in [-0.4, -0.2) is 0 Å². The molecular weight excluding hydrogens is 603 g/mol. The second-order valence-electron chi connectivity index (χ2n) is 14.8. The predicted octanol–water partition coefficient (Wildman–Crippen LogP) is 13.1. The van der Waals surface area contributed by atoms with Gasteiger partial charge in [0.1, 0.15) is 0 Å². The van der Waals surface area contributed by atoms with Gasteiger partial charge in [-0.05, 0) is 106 Å². The van der Waals surface area contributed by atoms with E-state index in [2.05, 4.69) is 209 Å². The van der Waals surface area contributed by atoms with Crippen LogP contribution in [0.2, 0.25) is 0 Å². The van der Waals surface area contributed by atoms with Crippen LogP contribution in [0.3, 0.4) is 0 Å².